The number of carbonyl (C=O) groups excluding carboxylic acids is 2. The van der Waals surface area contributed by atoms with Crippen LogP contribution in [0, 0.1) is 0 Å². The van der Waals surface area contributed by atoms with Gasteiger partial charge in [0.2, 0.25) is 10.5 Å². The van der Waals surface area contributed by atoms with Crippen LogP contribution in [0.15, 0.2) is 23.1 Å². The van der Waals surface area contributed by atoms with Gasteiger partial charge in [-0.1, -0.05) is 6.07 Å². The second kappa shape index (κ2) is 6.02. The standard InChI is InChI=1S/C10H7Cl3O4S/c11-9(14)4-6-1-2-8(18(13,16)17)3-7(6)5-10(12)15/h1-3H,4-5H2. The van der Waals surface area contributed by atoms with E-state index in [-0.39, 0.29) is 17.7 Å². The highest BCUT2D eigenvalue weighted by Gasteiger charge is 2.15. The largest absolute Gasteiger partial charge is 0.281 e. The molecular weight excluding hydrogens is 323 g/mol. The van der Waals surface area contributed by atoms with Gasteiger partial charge in [-0.3, -0.25) is 9.59 Å². The van der Waals surface area contributed by atoms with Crippen molar-refractivity contribution in [3.63, 3.8) is 0 Å². The van der Waals surface area contributed by atoms with Crippen LogP contribution in [0.5, 0.6) is 0 Å². The zero-order chi connectivity index (χ0) is 13.9. The second-order valence-corrected chi connectivity index (χ2v) is 6.84. The van der Waals surface area contributed by atoms with Crippen LogP contribution in [0.4, 0.5) is 0 Å². The zero-order valence-corrected chi connectivity index (χ0v) is 11.9. The van der Waals surface area contributed by atoms with Gasteiger partial charge in [0.15, 0.2) is 0 Å². The summed E-state index contributed by atoms with van der Waals surface area (Å²) in [6.07, 6.45) is -0.328. The molecular formula is C10H7Cl3O4S. The monoisotopic (exact) mass is 328 g/mol. The first-order chi connectivity index (χ1) is 8.20. The van der Waals surface area contributed by atoms with Crippen molar-refractivity contribution in [1.29, 1.82) is 0 Å². The third-order valence-electron chi connectivity index (χ3n) is 2.12. The van der Waals surface area contributed by atoms with E-state index in [0.717, 1.165) is 0 Å². The average molecular weight is 330 g/mol. The Morgan fingerprint density at radius 2 is 1.50 bits per heavy atom. The molecule has 1 aromatic rings. The fraction of sp³-hybridized carbons (Fsp3) is 0.200. The maximum atomic E-state index is 11.2. The summed E-state index contributed by atoms with van der Waals surface area (Å²) >= 11 is 10.5. The maximum Gasteiger partial charge on any atom is 0.261 e. The van der Waals surface area contributed by atoms with E-state index in [4.69, 9.17) is 33.9 Å². The molecule has 0 bridgehead atoms. The van der Waals surface area contributed by atoms with Crippen molar-refractivity contribution in [1.82, 2.24) is 0 Å². The van der Waals surface area contributed by atoms with E-state index in [1.807, 2.05) is 0 Å². The smallest absolute Gasteiger partial charge is 0.261 e. The Morgan fingerprint density at radius 1 is 1.00 bits per heavy atom. The van der Waals surface area contributed by atoms with Crippen LogP contribution in [-0.2, 0) is 31.5 Å². The lowest BCUT2D eigenvalue weighted by atomic mass is 10.0. The first kappa shape index (κ1) is 15.4. The second-order valence-electron chi connectivity index (χ2n) is 3.43. The lowest BCUT2D eigenvalue weighted by Crippen LogP contribution is -2.04. The first-order valence-electron chi connectivity index (χ1n) is 4.63. The minimum absolute atomic E-state index is 0.121. The summed E-state index contributed by atoms with van der Waals surface area (Å²) in [5.41, 5.74) is 0.749. The van der Waals surface area contributed by atoms with Crippen LogP contribution in [0.1, 0.15) is 11.1 Å². The van der Waals surface area contributed by atoms with Crippen LogP contribution in [0.2, 0.25) is 0 Å². The summed E-state index contributed by atoms with van der Waals surface area (Å²) in [5.74, 6) is 0. The Balaban J connectivity index is 3.28. The van der Waals surface area contributed by atoms with Gasteiger partial charge in [0.25, 0.3) is 9.05 Å². The quantitative estimate of drug-likeness (QED) is 0.777. The summed E-state index contributed by atoms with van der Waals surface area (Å²) in [6.45, 7) is 0. The van der Waals surface area contributed by atoms with Crippen molar-refractivity contribution in [3.8, 4) is 0 Å². The molecule has 0 N–H and O–H groups in total. The third kappa shape index (κ3) is 4.57. The number of carbonyl (C=O) groups is 2. The summed E-state index contributed by atoms with van der Waals surface area (Å²) in [5, 5.41) is -1.30. The highest BCUT2D eigenvalue weighted by atomic mass is 35.7. The maximum absolute atomic E-state index is 11.2. The number of hydrogen-bond acceptors (Lipinski definition) is 4. The molecule has 0 amide bonds. The molecule has 0 aliphatic carbocycles. The summed E-state index contributed by atoms with van der Waals surface area (Å²) in [4.78, 5) is 21.5. The van der Waals surface area contributed by atoms with Crippen LogP contribution < -0.4 is 0 Å². The molecule has 0 aromatic heterocycles. The van der Waals surface area contributed by atoms with Gasteiger partial charge >= 0.3 is 0 Å². The van der Waals surface area contributed by atoms with Gasteiger partial charge in [-0.2, -0.15) is 0 Å². The topological polar surface area (TPSA) is 68.3 Å². The van der Waals surface area contributed by atoms with Crippen molar-refractivity contribution < 1.29 is 18.0 Å². The van der Waals surface area contributed by atoms with Crippen LogP contribution >= 0.6 is 33.9 Å². The van der Waals surface area contributed by atoms with Crippen LogP contribution in [0.3, 0.4) is 0 Å². The Hall–Kier alpha value is -0.620. The molecule has 0 spiro atoms. The van der Waals surface area contributed by atoms with Gasteiger partial charge in [-0.25, -0.2) is 8.42 Å². The fourth-order valence-corrected chi connectivity index (χ4v) is 2.48. The van der Waals surface area contributed by atoms with Gasteiger partial charge < -0.3 is 0 Å². The van der Waals surface area contributed by atoms with Crippen molar-refractivity contribution in [3.05, 3.63) is 29.3 Å². The van der Waals surface area contributed by atoms with Crippen molar-refractivity contribution in [2.75, 3.05) is 0 Å². The minimum Gasteiger partial charge on any atom is -0.281 e. The average Bonchev–Trinajstić information content (AvgIpc) is 2.17. The van der Waals surface area contributed by atoms with E-state index in [1.54, 1.807) is 0 Å². The van der Waals surface area contributed by atoms with Gasteiger partial charge in [0, 0.05) is 23.5 Å². The van der Waals surface area contributed by atoms with E-state index >= 15 is 0 Å². The lowest BCUT2D eigenvalue weighted by Gasteiger charge is -2.07. The zero-order valence-electron chi connectivity index (χ0n) is 8.82. The van der Waals surface area contributed by atoms with Gasteiger partial charge in [-0.05, 0) is 46.5 Å². The molecule has 0 saturated carbocycles. The first-order valence-corrected chi connectivity index (χ1v) is 7.70. The minimum atomic E-state index is -3.91. The Kier molecular flexibility index (Phi) is 5.16. The normalized spacial score (nSPS) is 11.3. The van der Waals surface area contributed by atoms with Gasteiger partial charge in [0.1, 0.15) is 0 Å². The molecule has 18 heavy (non-hydrogen) atoms. The predicted molar refractivity (Wildman–Crippen MR) is 68.6 cm³/mol. The van der Waals surface area contributed by atoms with Gasteiger partial charge in [-0.15, -0.1) is 0 Å². The molecule has 4 nitrogen and oxygen atoms in total. The lowest BCUT2D eigenvalue weighted by molar-refractivity contribution is -0.112. The van der Waals surface area contributed by atoms with Gasteiger partial charge in [0.05, 0.1) is 4.90 Å². The summed E-state index contributed by atoms with van der Waals surface area (Å²) in [6, 6.07) is 3.82. The summed E-state index contributed by atoms with van der Waals surface area (Å²) < 4.78 is 22.3. The Morgan fingerprint density at radius 3 is 1.94 bits per heavy atom. The molecule has 8 heteroatoms. The number of benzene rings is 1. The Bertz CT molecular complexity index is 595. The molecule has 0 aliphatic rings. The number of rotatable bonds is 5. The molecule has 0 atom stereocenters. The third-order valence-corrected chi connectivity index (χ3v) is 3.74. The van der Waals surface area contributed by atoms with E-state index in [2.05, 4.69) is 0 Å². The highest BCUT2D eigenvalue weighted by molar-refractivity contribution is 8.13. The molecule has 0 heterocycles. The molecule has 0 radical (unpaired) electrons. The van der Waals surface area contributed by atoms with Crippen molar-refractivity contribution >= 4 is 53.4 Å². The molecule has 0 saturated heterocycles. The van der Waals surface area contributed by atoms with Crippen molar-refractivity contribution in [2.24, 2.45) is 0 Å². The van der Waals surface area contributed by atoms with E-state index < -0.39 is 19.5 Å². The Labute approximate surface area is 118 Å². The van der Waals surface area contributed by atoms with E-state index in [0.29, 0.717) is 11.1 Å². The summed E-state index contributed by atoms with van der Waals surface area (Å²) in [7, 11) is 1.28. The highest BCUT2D eigenvalue weighted by Crippen LogP contribution is 2.21. The fourth-order valence-electron chi connectivity index (χ4n) is 1.39. The van der Waals surface area contributed by atoms with E-state index in [1.165, 1.54) is 18.2 Å². The molecule has 0 aliphatic heterocycles. The molecule has 1 rings (SSSR count). The SMILES string of the molecule is O=C(Cl)Cc1ccc(S(=O)(=O)Cl)cc1CC(=O)Cl. The number of hydrogen-bond donors (Lipinski definition) is 0. The molecule has 98 valence electrons. The molecule has 0 fully saturated rings. The predicted octanol–water partition coefficient (Wildman–Crippen LogP) is 2.23. The van der Waals surface area contributed by atoms with Crippen LogP contribution in [0.25, 0.3) is 0 Å². The molecule has 0 unspecified atom stereocenters. The van der Waals surface area contributed by atoms with Crippen molar-refractivity contribution in [2.45, 2.75) is 17.7 Å². The number of halogens is 3. The van der Waals surface area contributed by atoms with E-state index in [9.17, 15) is 18.0 Å². The van der Waals surface area contributed by atoms with Crippen LogP contribution in [-0.4, -0.2) is 18.9 Å². The molecule has 1 aromatic carbocycles.